The van der Waals surface area contributed by atoms with E-state index in [0.29, 0.717) is 5.92 Å². The lowest BCUT2D eigenvalue weighted by Gasteiger charge is -2.12. The third-order valence-corrected chi connectivity index (χ3v) is 3.05. The average Bonchev–Trinajstić information content (AvgIpc) is 2.29. The summed E-state index contributed by atoms with van der Waals surface area (Å²) in [6.07, 6.45) is 3.67. The van der Waals surface area contributed by atoms with Crippen LogP contribution in [0.3, 0.4) is 0 Å². The van der Waals surface area contributed by atoms with Gasteiger partial charge in [-0.05, 0) is 35.4 Å². The third-order valence-electron chi connectivity index (χ3n) is 2.55. The minimum Gasteiger partial charge on any atom is -0.265 e. The Kier molecular flexibility index (Phi) is 3.17. The van der Waals surface area contributed by atoms with E-state index >= 15 is 0 Å². The predicted molar refractivity (Wildman–Crippen MR) is 65.9 cm³/mol. The van der Waals surface area contributed by atoms with Crippen molar-refractivity contribution in [2.45, 2.75) is 12.8 Å². The second-order valence-electron chi connectivity index (χ2n) is 3.56. The maximum absolute atomic E-state index is 4.03. The van der Waals surface area contributed by atoms with Gasteiger partial charge >= 0.3 is 0 Å². The van der Waals surface area contributed by atoms with Crippen LogP contribution in [0.5, 0.6) is 0 Å². The van der Waals surface area contributed by atoms with Crippen LogP contribution in [-0.4, -0.2) is 4.98 Å². The molecule has 1 heterocycles. The highest BCUT2D eigenvalue weighted by molar-refractivity contribution is 9.10. The van der Waals surface area contributed by atoms with Crippen LogP contribution in [0.2, 0.25) is 0 Å². The Morgan fingerprint density at radius 2 is 1.80 bits per heavy atom. The summed E-state index contributed by atoms with van der Waals surface area (Å²) in [7, 11) is 0. The highest BCUT2D eigenvalue weighted by Gasteiger charge is 2.07. The molecule has 0 N–H and O–H groups in total. The summed E-state index contributed by atoms with van der Waals surface area (Å²) in [5.74, 6) is 0.408. The quantitative estimate of drug-likeness (QED) is 0.797. The molecule has 1 aromatic heterocycles. The van der Waals surface area contributed by atoms with Gasteiger partial charge in [-0.25, -0.2) is 0 Å². The van der Waals surface area contributed by atoms with E-state index in [4.69, 9.17) is 0 Å². The Hall–Kier alpha value is -1.15. The molecule has 2 heteroatoms. The summed E-state index contributed by atoms with van der Waals surface area (Å²) in [4.78, 5) is 4.03. The van der Waals surface area contributed by atoms with Gasteiger partial charge in [-0.15, -0.1) is 0 Å². The zero-order valence-electron chi connectivity index (χ0n) is 8.52. The molecule has 2 aromatic rings. The van der Waals surface area contributed by atoms with Crippen LogP contribution in [0.4, 0.5) is 0 Å². The van der Waals surface area contributed by atoms with Gasteiger partial charge in [-0.1, -0.05) is 35.0 Å². The highest BCUT2D eigenvalue weighted by Crippen LogP contribution is 2.25. The van der Waals surface area contributed by atoms with Crippen LogP contribution in [0.15, 0.2) is 53.3 Å². The van der Waals surface area contributed by atoms with Gasteiger partial charge in [0, 0.05) is 22.8 Å². The van der Waals surface area contributed by atoms with Crippen LogP contribution >= 0.6 is 15.9 Å². The van der Waals surface area contributed by atoms with Crippen molar-refractivity contribution in [3.05, 3.63) is 64.4 Å². The van der Waals surface area contributed by atoms with Crippen molar-refractivity contribution in [2.75, 3.05) is 0 Å². The molecule has 15 heavy (non-hydrogen) atoms. The maximum Gasteiger partial charge on any atom is 0.0270 e. The summed E-state index contributed by atoms with van der Waals surface area (Å²) >= 11 is 3.49. The zero-order chi connectivity index (χ0) is 10.7. The van der Waals surface area contributed by atoms with Crippen LogP contribution in [-0.2, 0) is 0 Å². The van der Waals surface area contributed by atoms with Crippen molar-refractivity contribution in [1.82, 2.24) is 4.98 Å². The first kappa shape index (κ1) is 10.4. The number of rotatable bonds is 2. The molecule has 0 aliphatic carbocycles. The Balaban J connectivity index is 2.32. The monoisotopic (exact) mass is 261 g/mol. The predicted octanol–water partition coefficient (Wildman–Crippen LogP) is 4.00. The van der Waals surface area contributed by atoms with Crippen molar-refractivity contribution < 1.29 is 0 Å². The van der Waals surface area contributed by atoms with Crippen molar-refractivity contribution in [3.63, 3.8) is 0 Å². The highest BCUT2D eigenvalue weighted by atomic mass is 79.9. The molecule has 1 aromatic carbocycles. The molecule has 0 spiro atoms. The first-order valence-corrected chi connectivity index (χ1v) is 5.72. The van der Waals surface area contributed by atoms with Gasteiger partial charge in [0.05, 0.1) is 0 Å². The molecule has 0 radical (unpaired) electrons. The van der Waals surface area contributed by atoms with E-state index < -0.39 is 0 Å². The van der Waals surface area contributed by atoms with E-state index in [1.807, 2.05) is 18.5 Å². The minimum absolute atomic E-state index is 0.408. The van der Waals surface area contributed by atoms with Crippen molar-refractivity contribution in [2.24, 2.45) is 0 Å². The lowest BCUT2D eigenvalue weighted by atomic mass is 9.94. The van der Waals surface area contributed by atoms with Gasteiger partial charge in [-0.3, -0.25) is 4.98 Å². The van der Waals surface area contributed by atoms with Gasteiger partial charge in [-0.2, -0.15) is 0 Å². The van der Waals surface area contributed by atoms with E-state index in [9.17, 15) is 0 Å². The van der Waals surface area contributed by atoms with Crippen LogP contribution in [0, 0.1) is 0 Å². The second-order valence-corrected chi connectivity index (χ2v) is 4.47. The fourth-order valence-electron chi connectivity index (χ4n) is 1.62. The molecule has 1 nitrogen and oxygen atoms in total. The van der Waals surface area contributed by atoms with Gasteiger partial charge in [0.25, 0.3) is 0 Å². The van der Waals surface area contributed by atoms with Gasteiger partial charge in [0.15, 0.2) is 0 Å². The Bertz CT molecular complexity index is 439. The van der Waals surface area contributed by atoms with E-state index in [1.165, 1.54) is 11.1 Å². The summed E-state index contributed by atoms with van der Waals surface area (Å²) in [6, 6.07) is 12.5. The molecule has 0 amide bonds. The summed E-state index contributed by atoms with van der Waals surface area (Å²) in [5.41, 5.74) is 2.61. The number of hydrogen-bond acceptors (Lipinski definition) is 1. The molecule has 0 aliphatic rings. The van der Waals surface area contributed by atoms with Crippen LogP contribution in [0.1, 0.15) is 24.0 Å². The fourth-order valence-corrected chi connectivity index (χ4v) is 2.04. The molecule has 0 saturated carbocycles. The molecule has 2 rings (SSSR count). The number of halogens is 1. The Morgan fingerprint density at radius 1 is 1.07 bits per heavy atom. The number of pyridine rings is 1. The maximum atomic E-state index is 4.03. The Labute approximate surface area is 98.3 Å². The van der Waals surface area contributed by atoms with Crippen LogP contribution in [0.25, 0.3) is 0 Å². The van der Waals surface area contributed by atoms with E-state index in [1.54, 1.807) is 0 Å². The number of aromatic nitrogens is 1. The number of benzene rings is 1. The minimum atomic E-state index is 0.408. The fraction of sp³-hybridized carbons (Fsp3) is 0.154. The van der Waals surface area contributed by atoms with E-state index in [-0.39, 0.29) is 0 Å². The third kappa shape index (κ3) is 2.45. The lowest BCUT2D eigenvalue weighted by Crippen LogP contribution is -1.95. The largest absolute Gasteiger partial charge is 0.265 e. The van der Waals surface area contributed by atoms with Crippen LogP contribution < -0.4 is 0 Å². The molecule has 1 unspecified atom stereocenters. The number of hydrogen-bond donors (Lipinski definition) is 0. The topological polar surface area (TPSA) is 12.9 Å². The number of nitrogens with zero attached hydrogens (tertiary/aromatic N) is 1. The molecular weight excluding hydrogens is 250 g/mol. The summed E-state index contributed by atoms with van der Waals surface area (Å²) in [6.45, 7) is 2.21. The molecule has 0 bridgehead atoms. The van der Waals surface area contributed by atoms with Gasteiger partial charge in [0.2, 0.25) is 0 Å². The molecule has 0 saturated heterocycles. The van der Waals surface area contributed by atoms with Crippen molar-refractivity contribution >= 4 is 15.9 Å². The summed E-state index contributed by atoms with van der Waals surface area (Å²) < 4.78 is 1.13. The molecular formula is C13H12BrN. The smallest absolute Gasteiger partial charge is 0.0270 e. The van der Waals surface area contributed by atoms with Gasteiger partial charge in [0.1, 0.15) is 0 Å². The first-order valence-electron chi connectivity index (χ1n) is 4.93. The Morgan fingerprint density at radius 3 is 2.47 bits per heavy atom. The van der Waals surface area contributed by atoms with Crippen molar-refractivity contribution in [1.29, 1.82) is 0 Å². The van der Waals surface area contributed by atoms with Crippen molar-refractivity contribution in [3.8, 4) is 0 Å². The normalized spacial score (nSPS) is 12.4. The molecule has 0 fully saturated rings. The SMILES string of the molecule is CC(c1ccncc1)c1cccc(Br)c1. The molecule has 1 atom stereocenters. The molecule has 76 valence electrons. The van der Waals surface area contributed by atoms with Gasteiger partial charge < -0.3 is 0 Å². The van der Waals surface area contributed by atoms with E-state index in [2.05, 4.69) is 58.2 Å². The first-order chi connectivity index (χ1) is 7.27. The van der Waals surface area contributed by atoms with E-state index in [0.717, 1.165) is 4.47 Å². The summed E-state index contributed by atoms with van der Waals surface area (Å²) in [5, 5.41) is 0. The lowest BCUT2D eigenvalue weighted by molar-refractivity contribution is 0.916. The second kappa shape index (κ2) is 4.58. The molecule has 0 aliphatic heterocycles. The standard InChI is InChI=1S/C13H12BrN/c1-10(11-5-7-15-8-6-11)12-3-2-4-13(14)9-12/h2-10H,1H3. The zero-order valence-corrected chi connectivity index (χ0v) is 10.1. The average molecular weight is 262 g/mol.